The maximum atomic E-state index is 8.63. The van der Waals surface area contributed by atoms with Crippen molar-refractivity contribution in [1.82, 2.24) is 0 Å². The third-order valence-corrected chi connectivity index (χ3v) is 4.86. The molecule has 0 unspecified atom stereocenters. The fourth-order valence-corrected chi connectivity index (χ4v) is 3.44. The van der Waals surface area contributed by atoms with Crippen LogP contribution in [0.1, 0.15) is 12.0 Å². The van der Waals surface area contributed by atoms with Gasteiger partial charge in [-0.05, 0) is 30.5 Å². The lowest BCUT2D eigenvalue weighted by Gasteiger charge is -2.03. The second-order valence-electron chi connectivity index (χ2n) is 3.66. The van der Waals surface area contributed by atoms with Gasteiger partial charge in [-0.1, -0.05) is 27.7 Å². The Balaban J connectivity index is 1.69. The number of rotatable bonds is 7. The average molecular weight is 272 g/mol. The minimum atomic E-state index is 0.264. The van der Waals surface area contributed by atoms with Crippen LogP contribution in [-0.4, -0.2) is 30.0 Å². The Morgan fingerprint density at radius 3 is 2.82 bits per heavy atom. The van der Waals surface area contributed by atoms with Crippen molar-refractivity contribution in [2.75, 3.05) is 24.9 Å². The molecule has 0 bridgehead atoms. The number of aliphatic hydroxyl groups is 1. The summed E-state index contributed by atoms with van der Waals surface area (Å²) in [6, 6.07) is 6.14. The maximum absolute atomic E-state index is 8.63. The molecule has 0 saturated carbocycles. The van der Waals surface area contributed by atoms with E-state index in [1.54, 1.807) is 10.8 Å². The van der Waals surface area contributed by atoms with Crippen molar-refractivity contribution in [3.8, 4) is 11.5 Å². The molecule has 0 amide bonds. The highest BCUT2D eigenvalue weighted by molar-refractivity contribution is 8.76. The summed E-state index contributed by atoms with van der Waals surface area (Å²) < 4.78 is 10.6. The van der Waals surface area contributed by atoms with Crippen LogP contribution in [0.2, 0.25) is 0 Å². The molecule has 1 N–H and O–H groups in total. The van der Waals surface area contributed by atoms with E-state index in [4.69, 9.17) is 14.6 Å². The van der Waals surface area contributed by atoms with Gasteiger partial charge in [-0.2, -0.15) is 0 Å². The van der Waals surface area contributed by atoms with Crippen LogP contribution in [0.4, 0.5) is 0 Å². The molecule has 2 rings (SSSR count). The SMILES string of the molecule is OCCSSCCCc1ccc2c(c1)OCO2. The van der Waals surface area contributed by atoms with Crippen molar-refractivity contribution < 1.29 is 14.6 Å². The van der Waals surface area contributed by atoms with Gasteiger partial charge in [0.25, 0.3) is 0 Å². The molecule has 3 nitrogen and oxygen atoms in total. The Hall–Kier alpha value is -0.520. The fraction of sp³-hybridized carbons (Fsp3) is 0.500. The highest BCUT2D eigenvalue weighted by atomic mass is 33.1. The second kappa shape index (κ2) is 7.03. The third-order valence-electron chi connectivity index (χ3n) is 2.39. The summed E-state index contributed by atoms with van der Waals surface area (Å²) in [5.41, 5.74) is 1.29. The van der Waals surface area contributed by atoms with Gasteiger partial charge in [-0.25, -0.2) is 0 Å². The Kier molecular flexibility index (Phi) is 5.35. The Bertz CT molecular complexity index is 358. The van der Waals surface area contributed by atoms with Crippen LogP contribution in [-0.2, 0) is 6.42 Å². The first-order valence-corrected chi connectivity index (χ1v) is 8.13. The van der Waals surface area contributed by atoms with E-state index in [1.165, 1.54) is 5.56 Å². The quantitative estimate of drug-likeness (QED) is 0.610. The summed E-state index contributed by atoms with van der Waals surface area (Å²) in [5.74, 6) is 3.64. The molecule has 1 aliphatic rings. The molecule has 1 aliphatic heterocycles. The largest absolute Gasteiger partial charge is 0.454 e. The standard InChI is InChI=1S/C12H16O3S2/c13-5-7-17-16-6-1-2-10-3-4-11-12(8-10)15-9-14-11/h3-4,8,13H,1-2,5-7,9H2. The van der Waals surface area contributed by atoms with Gasteiger partial charge in [0.2, 0.25) is 6.79 Å². The molecule has 0 atom stereocenters. The van der Waals surface area contributed by atoms with Crippen LogP contribution in [0.5, 0.6) is 11.5 Å². The molecule has 5 heteroatoms. The normalized spacial score (nSPS) is 13.0. The van der Waals surface area contributed by atoms with E-state index in [-0.39, 0.29) is 6.61 Å². The zero-order chi connectivity index (χ0) is 11.9. The molecule has 0 radical (unpaired) electrons. The van der Waals surface area contributed by atoms with Crippen LogP contribution >= 0.6 is 21.6 Å². The summed E-state index contributed by atoms with van der Waals surface area (Å²) >= 11 is 0. The van der Waals surface area contributed by atoms with E-state index in [2.05, 4.69) is 12.1 Å². The van der Waals surface area contributed by atoms with Gasteiger partial charge in [0.05, 0.1) is 6.61 Å². The summed E-state index contributed by atoms with van der Waals surface area (Å²) in [6.07, 6.45) is 2.20. The van der Waals surface area contributed by atoms with Gasteiger partial charge in [0.15, 0.2) is 11.5 Å². The fourth-order valence-electron chi connectivity index (χ4n) is 1.59. The molecular formula is C12H16O3S2. The van der Waals surface area contributed by atoms with Gasteiger partial charge < -0.3 is 14.6 Å². The Morgan fingerprint density at radius 2 is 1.94 bits per heavy atom. The summed E-state index contributed by atoms with van der Waals surface area (Å²) in [4.78, 5) is 0. The van der Waals surface area contributed by atoms with Gasteiger partial charge in [0.1, 0.15) is 0 Å². The van der Waals surface area contributed by atoms with Crippen molar-refractivity contribution in [2.24, 2.45) is 0 Å². The Morgan fingerprint density at radius 1 is 1.12 bits per heavy atom. The first kappa shape index (κ1) is 12.9. The number of ether oxygens (including phenoxy) is 2. The zero-order valence-corrected chi connectivity index (χ0v) is 11.2. The maximum Gasteiger partial charge on any atom is 0.231 e. The third kappa shape index (κ3) is 4.01. The first-order chi connectivity index (χ1) is 8.40. The van der Waals surface area contributed by atoms with Crippen LogP contribution in [0.15, 0.2) is 18.2 Å². The lowest BCUT2D eigenvalue weighted by atomic mass is 10.1. The highest BCUT2D eigenvalue weighted by Gasteiger charge is 2.12. The molecule has 0 aromatic heterocycles. The van der Waals surface area contributed by atoms with Crippen LogP contribution in [0, 0.1) is 0 Å². The van der Waals surface area contributed by atoms with E-state index >= 15 is 0 Å². The number of hydrogen-bond acceptors (Lipinski definition) is 5. The molecule has 1 heterocycles. The number of aliphatic hydroxyl groups excluding tert-OH is 1. The van der Waals surface area contributed by atoms with Gasteiger partial charge in [-0.15, -0.1) is 0 Å². The van der Waals surface area contributed by atoms with E-state index in [1.807, 2.05) is 16.9 Å². The van der Waals surface area contributed by atoms with Gasteiger partial charge in [0, 0.05) is 11.5 Å². The summed E-state index contributed by atoms with van der Waals surface area (Å²) in [6.45, 7) is 0.603. The lowest BCUT2D eigenvalue weighted by Crippen LogP contribution is -1.93. The van der Waals surface area contributed by atoms with Crippen LogP contribution in [0.3, 0.4) is 0 Å². The van der Waals surface area contributed by atoms with Gasteiger partial charge >= 0.3 is 0 Å². The van der Waals surface area contributed by atoms with E-state index in [0.717, 1.165) is 35.8 Å². The summed E-state index contributed by atoms with van der Waals surface area (Å²) in [7, 11) is 3.55. The lowest BCUT2D eigenvalue weighted by molar-refractivity contribution is 0.174. The topological polar surface area (TPSA) is 38.7 Å². The van der Waals surface area contributed by atoms with Crippen molar-refractivity contribution in [1.29, 1.82) is 0 Å². The second-order valence-corrected chi connectivity index (χ2v) is 6.36. The number of benzene rings is 1. The molecule has 94 valence electrons. The predicted octanol–water partition coefficient (Wildman–Crippen LogP) is 2.72. The van der Waals surface area contributed by atoms with Crippen molar-refractivity contribution in [3.63, 3.8) is 0 Å². The highest BCUT2D eigenvalue weighted by Crippen LogP contribution is 2.33. The zero-order valence-electron chi connectivity index (χ0n) is 9.55. The monoisotopic (exact) mass is 272 g/mol. The average Bonchev–Trinajstić information content (AvgIpc) is 2.81. The molecular weight excluding hydrogens is 256 g/mol. The molecule has 1 aromatic carbocycles. The number of aryl methyl sites for hydroxylation is 1. The molecule has 17 heavy (non-hydrogen) atoms. The molecule has 0 aliphatic carbocycles. The van der Waals surface area contributed by atoms with E-state index in [0.29, 0.717) is 6.79 Å². The molecule has 0 saturated heterocycles. The number of fused-ring (bicyclic) bond motifs is 1. The molecule has 1 aromatic rings. The predicted molar refractivity (Wildman–Crippen MR) is 72.9 cm³/mol. The minimum Gasteiger partial charge on any atom is -0.454 e. The van der Waals surface area contributed by atoms with E-state index < -0.39 is 0 Å². The van der Waals surface area contributed by atoms with Crippen molar-refractivity contribution in [3.05, 3.63) is 23.8 Å². The van der Waals surface area contributed by atoms with Crippen molar-refractivity contribution in [2.45, 2.75) is 12.8 Å². The summed E-state index contributed by atoms with van der Waals surface area (Å²) in [5, 5.41) is 8.63. The molecule has 0 spiro atoms. The van der Waals surface area contributed by atoms with Crippen molar-refractivity contribution >= 4 is 21.6 Å². The van der Waals surface area contributed by atoms with Crippen LogP contribution in [0.25, 0.3) is 0 Å². The van der Waals surface area contributed by atoms with Gasteiger partial charge in [-0.3, -0.25) is 0 Å². The van der Waals surface area contributed by atoms with Crippen LogP contribution < -0.4 is 9.47 Å². The first-order valence-electron chi connectivity index (χ1n) is 5.64. The minimum absolute atomic E-state index is 0.264. The number of hydrogen-bond donors (Lipinski definition) is 1. The van der Waals surface area contributed by atoms with E-state index in [9.17, 15) is 0 Å². The molecule has 0 fully saturated rings. The Labute approximate surface area is 109 Å². The smallest absolute Gasteiger partial charge is 0.231 e.